The number of nitrogens with zero attached hydrogens (tertiary/aromatic N) is 5. The van der Waals surface area contributed by atoms with Gasteiger partial charge in [0.25, 0.3) is 10.0 Å². The van der Waals surface area contributed by atoms with Gasteiger partial charge in [-0.1, -0.05) is 6.07 Å². The number of imidazole rings is 1. The van der Waals surface area contributed by atoms with Crippen molar-refractivity contribution in [2.75, 3.05) is 26.2 Å². The maximum absolute atomic E-state index is 12.7. The van der Waals surface area contributed by atoms with E-state index in [4.69, 9.17) is 0 Å². The Balaban J connectivity index is 1.41. The van der Waals surface area contributed by atoms with Crippen LogP contribution >= 0.6 is 0 Å². The Hall–Kier alpha value is -1.77. The van der Waals surface area contributed by atoms with Crippen molar-refractivity contribution in [3.63, 3.8) is 0 Å². The highest BCUT2D eigenvalue weighted by molar-refractivity contribution is 7.89. The molecule has 0 unspecified atom stereocenters. The molecule has 0 radical (unpaired) electrons. The molecule has 2 aliphatic heterocycles. The summed E-state index contributed by atoms with van der Waals surface area (Å²) in [6, 6.07) is 5.95. The number of aryl methyl sites for hydroxylation is 1. The average Bonchev–Trinajstić information content (AvgIpc) is 3.23. The molecule has 0 bridgehead atoms. The molecule has 0 spiro atoms. The molecule has 7 nitrogen and oxygen atoms in total. The number of hydrogen-bond donors (Lipinski definition) is 0. The average molecular weight is 347 g/mol. The maximum Gasteiger partial charge on any atom is 0.262 e. The quantitative estimate of drug-likeness (QED) is 0.808. The zero-order valence-electron chi connectivity index (χ0n) is 13.6. The van der Waals surface area contributed by atoms with Gasteiger partial charge in [-0.3, -0.25) is 9.88 Å². The number of sulfonamides is 1. The third kappa shape index (κ3) is 2.85. The zero-order chi connectivity index (χ0) is 16.7. The van der Waals surface area contributed by atoms with Crippen LogP contribution in [0.1, 0.15) is 5.69 Å². The molecule has 0 aromatic carbocycles. The molecule has 4 heterocycles. The van der Waals surface area contributed by atoms with Crippen LogP contribution in [0, 0.1) is 11.8 Å². The van der Waals surface area contributed by atoms with Gasteiger partial charge in [-0.15, -0.1) is 0 Å². The van der Waals surface area contributed by atoms with Gasteiger partial charge in [-0.05, 0) is 24.0 Å². The lowest BCUT2D eigenvalue weighted by Gasteiger charge is -2.20. The van der Waals surface area contributed by atoms with Gasteiger partial charge >= 0.3 is 0 Å². The van der Waals surface area contributed by atoms with Crippen LogP contribution in [-0.4, -0.2) is 58.3 Å². The van der Waals surface area contributed by atoms with Crippen LogP contribution in [0.3, 0.4) is 0 Å². The third-order valence-electron chi connectivity index (χ3n) is 4.93. The van der Waals surface area contributed by atoms with Crippen LogP contribution in [0.5, 0.6) is 0 Å². The van der Waals surface area contributed by atoms with Crippen molar-refractivity contribution >= 4 is 10.0 Å². The second-order valence-electron chi connectivity index (χ2n) is 6.73. The molecular weight excluding hydrogens is 326 g/mol. The monoisotopic (exact) mass is 347 g/mol. The number of pyridine rings is 1. The number of aromatic nitrogens is 3. The summed E-state index contributed by atoms with van der Waals surface area (Å²) in [5, 5.41) is 0.148. The Morgan fingerprint density at radius 2 is 1.88 bits per heavy atom. The highest BCUT2D eigenvalue weighted by Gasteiger charge is 2.44. The van der Waals surface area contributed by atoms with Gasteiger partial charge in [-0.25, -0.2) is 13.4 Å². The smallest absolute Gasteiger partial charge is 0.262 e. The Labute approximate surface area is 142 Å². The van der Waals surface area contributed by atoms with Crippen molar-refractivity contribution < 1.29 is 8.42 Å². The first-order valence-electron chi connectivity index (χ1n) is 8.13. The van der Waals surface area contributed by atoms with E-state index in [0.29, 0.717) is 24.9 Å². The molecule has 0 amide bonds. The molecule has 4 rings (SSSR count). The summed E-state index contributed by atoms with van der Waals surface area (Å²) in [6.07, 6.45) is 4.91. The van der Waals surface area contributed by atoms with E-state index in [9.17, 15) is 8.42 Å². The fraction of sp³-hybridized carbons (Fsp3) is 0.500. The highest BCUT2D eigenvalue weighted by Crippen LogP contribution is 2.34. The molecule has 24 heavy (non-hydrogen) atoms. The normalized spacial score (nSPS) is 25.2. The molecule has 2 aromatic rings. The molecule has 0 saturated carbocycles. The van der Waals surface area contributed by atoms with Gasteiger partial charge in [0.15, 0.2) is 5.03 Å². The van der Waals surface area contributed by atoms with Crippen molar-refractivity contribution in [1.82, 2.24) is 23.7 Å². The Bertz CT molecular complexity index is 806. The summed E-state index contributed by atoms with van der Waals surface area (Å²) in [5.74, 6) is 0.791. The van der Waals surface area contributed by atoms with Crippen molar-refractivity contribution in [3.05, 3.63) is 42.6 Å². The van der Waals surface area contributed by atoms with E-state index >= 15 is 0 Å². The summed E-state index contributed by atoms with van der Waals surface area (Å²) < 4.78 is 28.6. The van der Waals surface area contributed by atoms with E-state index in [1.807, 2.05) is 24.4 Å². The first-order valence-corrected chi connectivity index (χ1v) is 9.57. The lowest BCUT2D eigenvalue weighted by molar-refractivity contribution is 0.286. The lowest BCUT2D eigenvalue weighted by atomic mass is 10.0. The third-order valence-corrected chi connectivity index (χ3v) is 6.64. The van der Waals surface area contributed by atoms with Crippen molar-refractivity contribution in [3.8, 4) is 0 Å². The molecule has 2 atom stereocenters. The van der Waals surface area contributed by atoms with Gasteiger partial charge < -0.3 is 4.57 Å². The van der Waals surface area contributed by atoms with E-state index in [0.717, 1.165) is 25.3 Å². The minimum absolute atomic E-state index is 0.148. The Morgan fingerprint density at radius 1 is 1.12 bits per heavy atom. The molecule has 2 aromatic heterocycles. The van der Waals surface area contributed by atoms with E-state index < -0.39 is 10.0 Å². The molecule has 0 N–H and O–H groups in total. The first-order chi connectivity index (χ1) is 11.5. The van der Waals surface area contributed by atoms with E-state index in [1.165, 1.54) is 6.33 Å². The Morgan fingerprint density at radius 3 is 2.46 bits per heavy atom. The molecule has 2 fully saturated rings. The van der Waals surface area contributed by atoms with Gasteiger partial charge in [-0.2, -0.15) is 4.31 Å². The highest BCUT2D eigenvalue weighted by atomic mass is 32.2. The van der Waals surface area contributed by atoms with Gasteiger partial charge in [0, 0.05) is 52.2 Å². The minimum atomic E-state index is -3.47. The topological polar surface area (TPSA) is 71.3 Å². The molecule has 128 valence electrons. The van der Waals surface area contributed by atoms with Crippen LogP contribution in [0.4, 0.5) is 0 Å². The number of fused-ring (bicyclic) bond motifs is 1. The van der Waals surface area contributed by atoms with E-state index in [1.54, 1.807) is 22.1 Å². The largest absolute Gasteiger partial charge is 0.339 e. The van der Waals surface area contributed by atoms with Crippen LogP contribution in [0.15, 0.2) is 41.9 Å². The number of rotatable bonds is 4. The van der Waals surface area contributed by atoms with Crippen molar-refractivity contribution in [1.29, 1.82) is 0 Å². The SMILES string of the molecule is Cn1cnc(S(=O)(=O)N2C[C@H]3CN(Cc4ccccn4)C[C@H]3C2)c1. The van der Waals surface area contributed by atoms with Crippen LogP contribution in [-0.2, 0) is 23.6 Å². The number of hydrogen-bond acceptors (Lipinski definition) is 5. The van der Waals surface area contributed by atoms with E-state index in [2.05, 4.69) is 14.9 Å². The van der Waals surface area contributed by atoms with Crippen molar-refractivity contribution in [2.45, 2.75) is 11.6 Å². The molecular formula is C16H21N5O2S. The summed E-state index contributed by atoms with van der Waals surface area (Å²) >= 11 is 0. The first kappa shape index (κ1) is 15.7. The Kier molecular flexibility index (Phi) is 3.90. The van der Waals surface area contributed by atoms with Gasteiger partial charge in [0.2, 0.25) is 0 Å². The summed E-state index contributed by atoms with van der Waals surface area (Å²) in [4.78, 5) is 10.8. The van der Waals surface area contributed by atoms with Gasteiger partial charge in [0.05, 0.1) is 12.0 Å². The van der Waals surface area contributed by atoms with Crippen LogP contribution in [0.25, 0.3) is 0 Å². The van der Waals surface area contributed by atoms with Crippen LogP contribution < -0.4 is 0 Å². The maximum atomic E-state index is 12.7. The summed E-state index contributed by atoms with van der Waals surface area (Å²) in [6.45, 7) is 3.86. The standard InChI is InChI=1S/C16H21N5O2S/c1-19-11-16(18-12-19)24(22,23)21-8-13-6-20(7-14(13)9-21)10-15-4-2-3-5-17-15/h2-5,11-14H,6-10H2,1H3/t13-,14+. The predicted molar refractivity (Wildman–Crippen MR) is 88.5 cm³/mol. The summed E-state index contributed by atoms with van der Waals surface area (Å²) in [7, 11) is -1.69. The lowest BCUT2D eigenvalue weighted by Crippen LogP contribution is -2.33. The second-order valence-corrected chi connectivity index (χ2v) is 8.62. The van der Waals surface area contributed by atoms with Crippen LogP contribution in [0.2, 0.25) is 0 Å². The van der Waals surface area contributed by atoms with Gasteiger partial charge in [0.1, 0.15) is 0 Å². The predicted octanol–water partition coefficient (Wildman–Crippen LogP) is 0.568. The molecule has 8 heteroatoms. The zero-order valence-corrected chi connectivity index (χ0v) is 14.4. The molecule has 2 aliphatic rings. The number of likely N-dealkylation sites (tertiary alicyclic amines) is 1. The molecule has 0 aliphatic carbocycles. The minimum Gasteiger partial charge on any atom is -0.339 e. The second kappa shape index (κ2) is 5.94. The fourth-order valence-electron chi connectivity index (χ4n) is 3.75. The van der Waals surface area contributed by atoms with Crippen molar-refractivity contribution in [2.24, 2.45) is 18.9 Å². The summed E-state index contributed by atoms with van der Waals surface area (Å²) in [5.41, 5.74) is 1.07. The fourth-order valence-corrected chi connectivity index (χ4v) is 5.27. The molecule has 2 saturated heterocycles. The van der Waals surface area contributed by atoms with E-state index in [-0.39, 0.29) is 5.03 Å².